The number of aliphatic imine (C=N–C) groups is 1. The molecule has 0 N–H and O–H groups in total. The zero-order chi connectivity index (χ0) is 17.3. The number of cyclic esters (lactones) is 1. The maximum absolute atomic E-state index is 12.0. The van der Waals surface area contributed by atoms with E-state index in [4.69, 9.17) is 4.74 Å². The summed E-state index contributed by atoms with van der Waals surface area (Å²) in [5, 5.41) is 11.0. The molecule has 1 aliphatic heterocycles. The first-order valence-electron chi connectivity index (χ1n) is 7.29. The average Bonchev–Trinajstić information content (AvgIpc) is 2.90. The van der Waals surface area contributed by atoms with Gasteiger partial charge in [-0.2, -0.15) is 0 Å². The Kier molecular flexibility index (Phi) is 3.95. The van der Waals surface area contributed by atoms with E-state index in [1.54, 1.807) is 25.1 Å². The molecule has 120 valence electrons. The summed E-state index contributed by atoms with van der Waals surface area (Å²) in [6.07, 6.45) is 1.62. The van der Waals surface area contributed by atoms with Crippen molar-refractivity contribution >= 4 is 23.6 Å². The molecule has 6 nitrogen and oxygen atoms in total. The summed E-state index contributed by atoms with van der Waals surface area (Å²) < 4.78 is 5.15. The van der Waals surface area contributed by atoms with Crippen molar-refractivity contribution in [1.29, 1.82) is 0 Å². The van der Waals surface area contributed by atoms with Gasteiger partial charge in [-0.05, 0) is 31.6 Å². The minimum atomic E-state index is -0.575. The van der Waals surface area contributed by atoms with Crippen LogP contribution in [0.1, 0.15) is 22.3 Å². The summed E-state index contributed by atoms with van der Waals surface area (Å²) in [5.74, 6) is -0.504. The molecular weight excluding hydrogens is 308 g/mol. The number of nitro groups is 1. The standard InChI is InChI=1S/C18H14N2O4/c1-11-3-6-13(7-4-11)9-15-18(21)24-17(19-15)14-8-5-12(2)16(10-14)20(22)23/h3-10H,1-2H3. The first-order valence-corrected chi connectivity index (χ1v) is 7.29. The van der Waals surface area contributed by atoms with Crippen LogP contribution in [0.4, 0.5) is 5.69 Å². The van der Waals surface area contributed by atoms with Gasteiger partial charge in [0.05, 0.1) is 4.92 Å². The number of rotatable bonds is 3. The van der Waals surface area contributed by atoms with Gasteiger partial charge in [-0.15, -0.1) is 0 Å². The highest BCUT2D eigenvalue weighted by molar-refractivity contribution is 6.13. The lowest BCUT2D eigenvalue weighted by molar-refractivity contribution is -0.385. The highest BCUT2D eigenvalue weighted by Crippen LogP contribution is 2.24. The van der Waals surface area contributed by atoms with Crippen LogP contribution in [0.15, 0.2) is 53.2 Å². The van der Waals surface area contributed by atoms with Crippen LogP contribution < -0.4 is 0 Å². The average molecular weight is 322 g/mol. The van der Waals surface area contributed by atoms with Crippen molar-refractivity contribution in [3.05, 3.63) is 80.5 Å². The fourth-order valence-corrected chi connectivity index (χ4v) is 2.29. The van der Waals surface area contributed by atoms with Gasteiger partial charge >= 0.3 is 5.97 Å². The molecule has 0 saturated carbocycles. The van der Waals surface area contributed by atoms with Crippen LogP contribution in [0.5, 0.6) is 0 Å². The second kappa shape index (κ2) is 6.08. The molecule has 0 radical (unpaired) electrons. The summed E-state index contributed by atoms with van der Waals surface area (Å²) in [4.78, 5) is 26.7. The zero-order valence-electron chi connectivity index (χ0n) is 13.1. The predicted octanol–water partition coefficient (Wildman–Crippen LogP) is 3.56. The van der Waals surface area contributed by atoms with E-state index in [0.717, 1.165) is 11.1 Å². The molecule has 1 heterocycles. The van der Waals surface area contributed by atoms with Gasteiger partial charge < -0.3 is 4.74 Å². The van der Waals surface area contributed by atoms with Gasteiger partial charge in [0.1, 0.15) is 0 Å². The monoisotopic (exact) mass is 322 g/mol. The van der Waals surface area contributed by atoms with E-state index >= 15 is 0 Å². The minimum Gasteiger partial charge on any atom is -0.402 e. The molecule has 2 aromatic rings. The van der Waals surface area contributed by atoms with E-state index in [-0.39, 0.29) is 17.3 Å². The van der Waals surface area contributed by atoms with Crippen LogP contribution in [-0.2, 0) is 9.53 Å². The number of carbonyl (C=O) groups excluding carboxylic acids is 1. The third-order valence-electron chi connectivity index (χ3n) is 3.65. The number of ether oxygens (including phenoxy) is 1. The van der Waals surface area contributed by atoms with Crippen molar-refractivity contribution in [3.8, 4) is 0 Å². The van der Waals surface area contributed by atoms with Gasteiger partial charge in [-0.3, -0.25) is 10.1 Å². The Bertz CT molecular complexity index is 896. The van der Waals surface area contributed by atoms with E-state index < -0.39 is 10.9 Å². The molecule has 3 rings (SSSR count). The number of nitro benzene ring substituents is 1. The Hall–Kier alpha value is -3.28. The lowest BCUT2D eigenvalue weighted by Crippen LogP contribution is -2.06. The lowest BCUT2D eigenvalue weighted by Gasteiger charge is -2.01. The summed E-state index contributed by atoms with van der Waals surface area (Å²) >= 11 is 0. The molecule has 1 aliphatic rings. The maximum Gasteiger partial charge on any atom is 0.363 e. The summed E-state index contributed by atoms with van der Waals surface area (Å²) in [6, 6.07) is 12.2. The second-order valence-electron chi connectivity index (χ2n) is 5.51. The van der Waals surface area contributed by atoms with E-state index in [9.17, 15) is 14.9 Å². The molecule has 0 saturated heterocycles. The number of hydrogen-bond acceptors (Lipinski definition) is 5. The zero-order valence-corrected chi connectivity index (χ0v) is 13.1. The molecule has 0 aliphatic carbocycles. The topological polar surface area (TPSA) is 81.8 Å². The number of aryl methyl sites for hydroxylation is 2. The molecular formula is C18H14N2O4. The van der Waals surface area contributed by atoms with Crippen molar-refractivity contribution in [2.75, 3.05) is 0 Å². The normalized spacial score (nSPS) is 15.3. The van der Waals surface area contributed by atoms with Crippen LogP contribution >= 0.6 is 0 Å². The van der Waals surface area contributed by atoms with Gasteiger partial charge in [-0.25, -0.2) is 9.79 Å². The Balaban J connectivity index is 1.96. The van der Waals surface area contributed by atoms with E-state index in [1.807, 2.05) is 31.2 Å². The summed E-state index contributed by atoms with van der Waals surface area (Å²) in [7, 11) is 0. The largest absolute Gasteiger partial charge is 0.402 e. The fourth-order valence-electron chi connectivity index (χ4n) is 2.29. The number of hydrogen-bond donors (Lipinski definition) is 0. The maximum atomic E-state index is 12.0. The molecule has 0 fully saturated rings. The number of nitrogens with zero attached hydrogens (tertiary/aromatic N) is 2. The van der Waals surface area contributed by atoms with Crippen molar-refractivity contribution in [3.63, 3.8) is 0 Å². The quantitative estimate of drug-likeness (QED) is 0.374. The van der Waals surface area contributed by atoms with Crippen LogP contribution in [0.25, 0.3) is 6.08 Å². The summed E-state index contributed by atoms with van der Waals surface area (Å²) in [5.41, 5.74) is 2.99. The SMILES string of the molecule is Cc1ccc(C=C2N=C(c3ccc(C)c([N+](=O)[O-])c3)OC2=O)cc1. The van der Waals surface area contributed by atoms with Crippen LogP contribution in [0.2, 0.25) is 0 Å². The van der Waals surface area contributed by atoms with Gasteiger partial charge in [0.15, 0.2) is 5.70 Å². The van der Waals surface area contributed by atoms with Crippen LogP contribution in [0, 0.1) is 24.0 Å². The molecule has 0 unspecified atom stereocenters. The van der Waals surface area contributed by atoms with Gasteiger partial charge in [0, 0.05) is 17.2 Å². The summed E-state index contributed by atoms with van der Waals surface area (Å²) in [6.45, 7) is 3.62. The second-order valence-corrected chi connectivity index (χ2v) is 5.51. The van der Waals surface area contributed by atoms with Gasteiger partial charge in [0.25, 0.3) is 5.69 Å². The molecule has 24 heavy (non-hydrogen) atoms. The number of carbonyl (C=O) groups is 1. The van der Waals surface area contributed by atoms with Gasteiger partial charge in [0.2, 0.25) is 5.90 Å². The molecule has 6 heteroatoms. The molecule has 0 spiro atoms. The Morgan fingerprint density at radius 2 is 1.83 bits per heavy atom. The van der Waals surface area contributed by atoms with E-state index in [2.05, 4.69) is 4.99 Å². The Labute approximate surface area is 138 Å². The van der Waals surface area contributed by atoms with Crippen molar-refractivity contribution in [2.45, 2.75) is 13.8 Å². The third-order valence-corrected chi connectivity index (χ3v) is 3.65. The Morgan fingerprint density at radius 1 is 1.12 bits per heavy atom. The van der Waals surface area contributed by atoms with Gasteiger partial charge in [-0.1, -0.05) is 35.9 Å². The van der Waals surface area contributed by atoms with Crippen molar-refractivity contribution in [2.24, 2.45) is 4.99 Å². The smallest absolute Gasteiger partial charge is 0.363 e. The highest BCUT2D eigenvalue weighted by atomic mass is 16.6. The first-order chi connectivity index (χ1) is 11.4. The predicted molar refractivity (Wildman–Crippen MR) is 89.6 cm³/mol. The molecule has 0 aromatic heterocycles. The Morgan fingerprint density at radius 3 is 2.50 bits per heavy atom. The third kappa shape index (κ3) is 3.08. The number of esters is 1. The highest BCUT2D eigenvalue weighted by Gasteiger charge is 2.25. The molecule has 0 atom stereocenters. The molecule has 2 aromatic carbocycles. The lowest BCUT2D eigenvalue weighted by atomic mass is 10.1. The van der Waals surface area contributed by atoms with Crippen molar-refractivity contribution < 1.29 is 14.5 Å². The minimum absolute atomic E-state index is 0.0396. The molecule has 0 amide bonds. The van der Waals surface area contributed by atoms with E-state index in [0.29, 0.717) is 11.1 Å². The van der Waals surface area contributed by atoms with E-state index in [1.165, 1.54) is 6.07 Å². The van der Waals surface area contributed by atoms with Crippen molar-refractivity contribution in [1.82, 2.24) is 0 Å². The fraction of sp³-hybridized carbons (Fsp3) is 0.111. The van der Waals surface area contributed by atoms with Crippen LogP contribution in [0.3, 0.4) is 0 Å². The number of benzene rings is 2. The molecule has 0 bridgehead atoms. The van der Waals surface area contributed by atoms with Crippen LogP contribution in [-0.4, -0.2) is 16.8 Å². The first kappa shape index (κ1) is 15.6.